The number of halogens is 3. The molecule has 3 rings (SSSR count). The van der Waals surface area contributed by atoms with Gasteiger partial charge in [-0.15, -0.1) is 0 Å². The molecule has 0 saturated carbocycles. The molecule has 0 aliphatic rings. The number of rotatable bonds is 6. The number of benzene rings is 1. The van der Waals surface area contributed by atoms with E-state index >= 15 is 0 Å². The standard InChI is InChI=1S/C18H13ClF2N2O5/c1-26-14-6-10(2-4-13(14)28-18(20)21)17(25)27-9-12-7-16(24)23-8-11(19)3-5-15(23)22-12/h2-8,18H,9H2,1H3. The maximum atomic E-state index is 12.4. The smallest absolute Gasteiger partial charge is 0.387 e. The monoisotopic (exact) mass is 410 g/mol. The number of methoxy groups -OCH3 is 1. The number of nitrogens with zero attached hydrogens (tertiary/aromatic N) is 2. The van der Waals surface area contributed by atoms with E-state index in [1.54, 1.807) is 12.1 Å². The van der Waals surface area contributed by atoms with Crippen LogP contribution in [-0.2, 0) is 11.3 Å². The molecule has 146 valence electrons. The lowest BCUT2D eigenvalue weighted by Gasteiger charge is -2.11. The predicted molar refractivity (Wildman–Crippen MR) is 95.2 cm³/mol. The van der Waals surface area contributed by atoms with Crippen LogP contribution < -0.4 is 15.0 Å². The lowest BCUT2D eigenvalue weighted by Crippen LogP contribution is -2.16. The Labute approximate surface area is 162 Å². The number of pyridine rings is 1. The fraction of sp³-hybridized carbons (Fsp3) is 0.167. The number of hydrogen-bond acceptors (Lipinski definition) is 6. The number of carbonyl (C=O) groups is 1. The van der Waals surface area contributed by atoms with Crippen molar-refractivity contribution in [2.45, 2.75) is 13.2 Å². The van der Waals surface area contributed by atoms with Gasteiger partial charge in [0.2, 0.25) is 0 Å². The van der Waals surface area contributed by atoms with Crippen molar-refractivity contribution in [1.82, 2.24) is 9.38 Å². The van der Waals surface area contributed by atoms with Gasteiger partial charge in [0.25, 0.3) is 5.56 Å². The molecule has 0 unspecified atom stereocenters. The summed E-state index contributed by atoms with van der Waals surface area (Å²) >= 11 is 5.85. The molecule has 3 aromatic rings. The highest BCUT2D eigenvalue weighted by Crippen LogP contribution is 2.29. The Balaban J connectivity index is 1.76. The molecule has 0 N–H and O–H groups in total. The van der Waals surface area contributed by atoms with E-state index in [9.17, 15) is 18.4 Å². The minimum Gasteiger partial charge on any atom is -0.493 e. The zero-order valence-electron chi connectivity index (χ0n) is 14.4. The summed E-state index contributed by atoms with van der Waals surface area (Å²) in [6, 6.07) is 8.00. The van der Waals surface area contributed by atoms with Gasteiger partial charge >= 0.3 is 12.6 Å². The topological polar surface area (TPSA) is 79.1 Å². The average Bonchev–Trinajstić information content (AvgIpc) is 2.66. The minimum atomic E-state index is -3.03. The van der Waals surface area contributed by atoms with E-state index in [0.717, 1.165) is 0 Å². The summed E-state index contributed by atoms with van der Waals surface area (Å²) in [7, 11) is 1.25. The molecular formula is C18H13ClF2N2O5. The van der Waals surface area contributed by atoms with E-state index in [4.69, 9.17) is 21.1 Å². The van der Waals surface area contributed by atoms with Crippen LogP contribution in [0.15, 0.2) is 47.4 Å². The van der Waals surface area contributed by atoms with Gasteiger partial charge in [-0.05, 0) is 30.3 Å². The third-order valence-electron chi connectivity index (χ3n) is 3.64. The van der Waals surface area contributed by atoms with E-state index in [1.165, 1.54) is 42.0 Å². The van der Waals surface area contributed by atoms with Gasteiger partial charge < -0.3 is 14.2 Å². The summed E-state index contributed by atoms with van der Waals surface area (Å²) in [5.74, 6) is -1.01. The van der Waals surface area contributed by atoms with Crippen LogP contribution in [0, 0.1) is 0 Å². The molecule has 2 aromatic heterocycles. The summed E-state index contributed by atoms with van der Waals surface area (Å²) in [6.45, 7) is -3.29. The van der Waals surface area contributed by atoms with Crippen LogP contribution >= 0.6 is 11.6 Å². The van der Waals surface area contributed by atoms with Crippen LogP contribution in [0.5, 0.6) is 11.5 Å². The third-order valence-corrected chi connectivity index (χ3v) is 3.87. The fourth-order valence-corrected chi connectivity index (χ4v) is 2.57. The number of hydrogen-bond donors (Lipinski definition) is 0. The maximum Gasteiger partial charge on any atom is 0.387 e. The Morgan fingerprint density at radius 2 is 2.00 bits per heavy atom. The van der Waals surface area contributed by atoms with Crippen molar-refractivity contribution in [3.05, 3.63) is 69.2 Å². The molecule has 0 saturated heterocycles. The van der Waals surface area contributed by atoms with Gasteiger partial charge in [-0.2, -0.15) is 8.78 Å². The molecule has 0 atom stereocenters. The second-order valence-corrected chi connectivity index (χ2v) is 5.92. The molecule has 0 spiro atoms. The average molecular weight is 411 g/mol. The Hall–Kier alpha value is -3.20. The van der Waals surface area contributed by atoms with Crippen molar-refractivity contribution in [3.8, 4) is 11.5 Å². The van der Waals surface area contributed by atoms with Crippen molar-refractivity contribution < 1.29 is 27.8 Å². The number of aromatic nitrogens is 2. The molecular weight excluding hydrogens is 398 g/mol. The van der Waals surface area contributed by atoms with E-state index < -0.39 is 12.6 Å². The van der Waals surface area contributed by atoms with E-state index in [-0.39, 0.29) is 34.9 Å². The first-order valence-corrected chi connectivity index (χ1v) is 8.23. The summed E-state index contributed by atoms with van der Waals surface area (Å²) < 4.78 is 40.4. The molecule has 0 aliphatic carbocycles. The van der Waals surface area contributed by atoms with Crippen molar-refractivity contribution in [1.29, 1.82) is 0 Å². The highest BCUT2D eigenvalue weighted by molar-refractivity contribution is 6.30. The van der Waals surface area contributed by atoms with Gasteiger partial charge in [0, 0.05) is 12.3 Å². The van der Waals surface area contributed by atoms with Crippen LogP contribution in [-0.4, -0.2) is 29.1 Å². The first-order valence-electron chi connectivity index (χ1n) is 7.85. The summed E-state index contributed by atoms with van der Waals surface area (Å²) in [6.07, 6.45) is 1.43. The third kappa shape index (κ3) is 4.37. The molecule has 0 bridgehead atoms. The number of esters is 1. The molecule has 0 radical (unpaired) electrons. The number of fused-ring (bicyclic) bond motifs is 1. The number of alkyl halides is 2. The summed E-state index contributed by atoms with van der Waals surface area (Å²) in [4.78, 5) is 28.5. The van der Waals surface area contributed by atoms with Crippen molar-refractivity contribution >= 4 is 23.2 Å². The van der Waals surface area contributed by atoms with Gasteiger partial charge in [0.15, 0.2) is 11.5 Å². The van der Waals surface area contributed by atoms with Crippen LogP contribution in [0.3, 0.4) is 0 Å². The largest absolute Gasteiger partial charge is 0.493 e. The van der Waals surface area contributed by atoms with Gasteiger partial charge in [-0.25, -0.2) is 9.78 Å². The van der Waals surface area contributed by atoms with Gasteiger partial charge in [0.1, 0.15) is 12.3 Å². The maximum absolute atomic E-state index is 12.4. The van der Waals surface area contributed by atoms with E-state index in [2.05, 4.69) is 9.72 Å². The Morgan fingerprint density at radius 3 is 2.71 bits per heavy atom. The first-order chi connectivity index (χ1) is 13.4. The molecule has 2 heterocycles. The lowest BCUT2D eigenvalue weighted by molar-refractivity contribution is -0.0512. The fourth-order valence-electron chi connectivity index (χ4n) is 2.41. The predicted octanol–water partition coefficient (Wildman–Crippen LogP) is 3.31. The Kier molecular flexibility index (Phi) is 5.74. The minimum absolute atomic E-state index is 0.0475. The molecule has 0 fully saturated rings. The Bertz CT molecular complexity index is 1090. The van der Waals surface area contributed by atoms with Crippen molar-refractivity contribution in [2.75, 3.05) is 7.11 Å². The second-order valence-electron chi connectivity index (χ2n) is 5.48. The van der Waals surface area contributed by atoms with Crippen LogP contribution in [0.2, 0.25) is 5.02 Å². The zero-order chi connectivity index (χ0) is 20.3. The zero-order valence-corrected chi connectivity index (χ0v) is 15.2. The van der Waals surface area contributed by atoms with Gasteiger partial charge in [-0.1, -0.05) is 11.6 Å². The van der Waals surface area contributed by atoms with Crippen molar-refractivity contribution in [3.63, 3.8) is 0 Å². The molecule has 7 nitrogen and oxygen atoms in total. The van der Waals surface area contributed by atoms with Crippen LogP contribution in [0.4, 0.5) is 8.78 Å². The van der Waals surface area contributed by atoms with Crippen molar-refractivity contribution in [2.24, 2.45) is 0 Å². The Morgan fingerprint density at radius 1 is 1.21 bits per heavy atom. The highest BCUT2D eigenvalue weighted by atomic mass is 35.5. The van der Waals surface area contributed by atoms with Crippen LogP contribution in [0.1, 0.15) is 16.1 Å². The molecule has 28 heavy (non-hydrogen) atoms. The molecule has 0 amide bonds. The normalized spacial score (nSPS) is 10.9. The molecule has 10 heteroatoms. The number of carbonyl (C=O) groups excluding carboxylic acids is 1. The van der Waals surface area contributed by atoms with E-state index in [1.807, 2.05) is 0 Å². The SMILES string of the molecule is COc1cc(C(=O)OCc2cc(=O)n3cc(Cl)ccc3n2)ccc1OC(F)F. The lowest BCUT2D eigenvalue weighted by atomic mass is 10.2. The first kappa shape index (κ1) is 19.6. The van der Waals surface area contributed by atoms with Gasteiger partial charge in [-0.3, -0.25) is 9.20 Å². The summed E-state index contributed by atoms with van der Waals surface area (Å²) in [5, 5.41) is 0.379. The highest BCUT2D eigenvalue weighted by Gasteiger charge is 2.15. The number of ether oxygens (including phenoxy) is 3. The second kappa shape index (κ2) is 8.22. The molecule has 1 aromatic carbocycles. The summed E-state index contributed by atoms with van der Waals surface area (Å²) in [5.41, 5.74) is 0.264. The van der Waals surface area contributed by atoms with Crippen LogP contribution in [0.25, 0.3) is 5.65 Å². The molecule has 0 aliphatic heterocycles. The quantitative estimate of drug-likeness (QED) is 0.580. The van der Waals surface area contributed by atoms with Gasteiger partial charge in [0.05, 0.1) is 23.4 Å². The van der Waals surface area contributed by atoms with E-state index in [0.29, 0.717) is 10.7 Å².